The van der Waals surface area contributed by atoms with Crippen LogP contribution in [0.2, 0.25) is 0 Å². The Kier molecular flexibility index (Phi) is 8.75. The van der Waals surface area contributed by atoms with Crippen LogP contribution in [0.1, 0.15) is 20.8 Å². The molecule has 0 saturated carbocycles. The number of likely N-dealkylation sites (N-methyl/N-ethyl adjacent to an activating group) is 1. The molecule has 1 saturated heterocycles. The highest BCUT2D eigenvalue weighted by Crippen LogP contribution is 2.09. The Morgan fingerprint density at radius 1 is 1.38 bits per heavy atom. The first-order valence-corrected chi connectivity index (χ1v) is 5.92. The van der Waals surface area contributed by atoms with Crippen molar-refractivity contribution in [1.29, 1.82) is 0 Å². The maximum Gasteiger partial charge on any atom is 0.145 e. The van der Waals surface area contributed by atoms with E-state index in [9.17, 15) is 0 Å². The predicted molar refractivity (Wildman–Crippen MR) is 59.1 cm³/mol. The zero-order chi connectivity index (χ0) is 10.1. The van der Waals surface area contributed by atoms with Gasteiger partial charge in [0.05, 0.1) is 12.7 Å². The molecule has 80 valence electrons. The highest BCUT2D eigenvalue weighted by atomic mass is 28.2. The van der Waals surface area contributed by atoms with Crippen molar-refractivity contribution in [3.63, 3.8) is 0 Å². The van der Waals surface area contributed by atoms with Gasteiger partial charge in [-0.15, -0.1) is 0 Å². The number of ether oxygens (including phenoxy) is 1. The average Bonchev–Trinajstić information content (AvgIpc) is 2.98. The summed E-state index contributed by atoms with van der Waals surface area (Å²) in [4.78, 5) is 2.39. The summed E-state index contributed by atoms with van der Waals surface area (Å²) in [5.41, 5.74) is 0. The smallest absolute Gasteiger partial charge is 0.145 e. The summed E-state index contributed by atoms with van der Waals surface area (Å²) in [7, 11) is 0.890. The first kappa shape index (κ1) is 13.1. The molecule has 1 aliphatic heterocycles. The van der Waals surface area contributed by atoms with Gasteiger partial charge in [-0.1, -0.05) is 13.8 Å². The molecule has 0 aromatic heterocycles. The molecule has 1 aliphatic rings. The first-order chi connectivity index (χ1) is 6.28. The summed E-state index contributed by atoms with van der Waals surface area (Å²) in [5, 5.41) is 0. The van der Waals surface area contributed by atoms with Crippen molar-refractivity contribution >= 4 is 10.5 Å². The van der Waals surface area contributed by atoms with E-state index < -0.39 is 0 Å². The molecule has 0 aliphatic carbocycles. The lowest BCUT2D eigenvalue weighted by atomic mass is 10.4. The van der Waals surface area contributed by atoms with Gasteiger partial charge in [-0.25, -0.2) is 0 Å². The van der Waals surface area contributed by atoms with Crippen molar-refractivity contribution < 1.29 is 9.16 Å². The molecule has 0 aromatic carbocycles. The Labute approximate surface area is 84.9 Å². The van der Waals surface area contributed by atoms with E-state index in [2.05, 4.69) is 23.2 Å². The Morgan fingerprint density at radius 2 is 1.85 bits per heavy atom. The molecule has 0 bridgehead atoms. The summed E-state index contributed by atoms with van der Waals surface area (Å²) in [6.45, 7) is 11.7. The molecule has 1 unspecified atom stereocenters. The Hall–Kier alpha value is 0.0969. The monoisotopic (exact) mass is 205 g/mol. The summed E-state index contributed by atoms with van der Waals surface area (Å²) in [6, 6.07) is 0. The van der Waals surface area contributed by atoms with Crippen LogP contribution in [-0.2, 0) is 9.16 Å². The van der Waals surface area contributed by atoms with E-state index in [4.69, 9.17) is 4.74 Å². The molecule has 0 aromatic rings. The molecular formula is C9H23NO2Si. The van der Waals surface area contributed by atoms with Gasteiger partial charge in [-0.2, -0.15) is 0 Å². The Morgan fingerprint density at radius 3 is 2.08 bits per heavy atom. The summed E-state index contributed by atoms with van der Waals surface area (Å²) in [6.07, 6.45) is 0.560. The number of rotatable bonds is 5. The minimum atomic E-state index is 0.560. The van der Waals surface area contributed by atoms with Gasteiger partial charge in [0.15, 0.2) is 0 Å². The third-order valence-electron chi connectivity index (χ3n) is 2.05. The van der Waals surface area contributed by atoms with E-state index >= 15 is 0 Å². The molecule has 3 nitrogen and oxygen atoms in total. The topological polar surface area (TPSA) is 25.0 Å². The Bertz CT molecular complexity index is 104. The van der Waals surface area contributed by atoms with Crippen LogP contribution in [-0.4, -0.2) is 54.3 Å². The molecule has 0 amide bonds. The third kappa shape index (κ3) is 8.43. The van der Waals surface area contributed by atoms with Gasteiger partial charge in [0.25, 0.3) is 0 Å². The molecule has 1 atom stereocenters. The molecule has 0 spiro atoms. The lowest BCUT2D eigenvalue weighted by Gasteiger charge is -2.15. The van der Waals surface area contributed by atoms with Gasteiger partial charge in [-0.3, -0.25) is 0 Å². The molecule has 0 N–H and O–H groups in total. The van der Waals surface area contributed by atoms with E-state index in [-0.39, 0.29) is 0 Å². The zero-order valence-electron chi connectivity index (χ0n) is 9.38. The van der Waals surface area contributed by atoms with Crippen LogP contribution in [0.5, 0.6) is 0 Å². The van der Waals surface area contributed by atoms with E-state index in [0.29, 0.717) is 6.10 Å². The SMILES string of the molecule is CCN(CC)CC1CO1.CCO[SiH3]. The molecule has 1 rings (SSSR count). The first-order valence-electron chi connectivity index (χ1n) is 5.11. The number of nitrogens with zero attached hydrogens (tertiary/aromatic N) is 1. The van der Waals surface area contributed by atoms with Crippen LogP contribution in [0.4, 0.5) is 0 Å². The maximum absolute atomic E-state index is 5.10. The molecule has 0 radical (unpaired) electrons. The van der Waals surface area contributed by atoms with Gasteiger partial charge >= 0.3 is 0 Å². The normalized spacial score (nSPS) is 19.8. The van der Waals surface area contributed by atoms with Gasteiger partial charge in [-0.05, 0) is 20.0 Å². The summed E-state index contributed by atoms with van der Waals surface area (Å²) >= 11 is 0. The second kappa shape index (κ2) is 8.68. The van der Waals surface area contributed by atoms with E-state index in [1.807, 2.05) is 6.92 Å². The second-order valence-corrected chi connectivity index (χ2v) is 3.60. The van der Waals surface area contributed by atoms with Gasteiger partial charge in [0.2, 0.25) is 0 Å². The molecule has 4 heteroatoms. The number of hydrogen-bond donors (Lipinski definition) is 0. The fourth-order valence-electron chi connectivity index (χ4n) is 0.943. The zero-order valence-corrected chi connectivity index (χ0v) is 11.4. The van der Waals surface area contributed by atoms with Crippen LogP contribution in [0, 0.1) is 0 Å². The highest BCUT2D eigenvalue weighted by Gasteiger charge is 2.23. The molecule has 13 heavy (non-hydrogen) atoms. The lowest BCUT2D eigenvalue weighted by molar-refractivity contribution is 0.263. The summed E-state index contributed by atoms with van der Waals surface area (Å²) in [5.74, 6) is 0. The van der Waals surface area contributed by atoms with Crippen molar-refractivity contribution in [2.75, 3.05) is 32.8 Å². The molecule has 1 heterocycles. The van der Waals surface area contributed by atoms with Crippen LogP contribution in [0.3, 0.4) is 0 Å². The largest absolute Gasteiger partial charge is 0.428 e. The standard InChI is InChI=1S/C7H15NO.C2H8OSi/c1-3-8(4-2)5-7-6-9-7;1-2-3-4/h7H,3-6H2,1-2H3;2H2,1,4H3. The fourth-order valence-corrected chi connectivity index (χ4v) is 0.943. The minimum absolute atomic E-state index is 0.560. The van der Waals surface area contributed by atoms with Crippen molar-refractivity contribution in [3.05, 3.63) is 0 Å². The van der Waals surface area contributed by atoms with Crippen molar-refractivity contribution in [3.8, 4) is 0 Å². The number of hydrogen-bond acceptors (Lipinski definition) is 3. The van der Waals surface area contributed by atoms with Crippen molar-refractivity contribution in [2.45, 2.75) is 26.9 Å². The van der Waals surface area contributed by atoms with Crippen molar-refractivity contribution in [1.82, 2.24) is 4.90 Å². The van der Waals surface area contributed by atoms with E-state index in [0.717, 1.165) is 43.3 Å². The average molecular weight is 205 g/mol. The second-order valence-electron chi connectivity index (χ2n) is 3.02. The van der Waals surface area contributed by atoms with Crippen LogP contribution in [0.15, 0.2) is 0 Å². The van der Waals surface area contributed by atoms with Gasteiger partial charge in [0.1, 0.15) is 10.5 Å². The Balaban J connectivity index is 0.000000310. The van der Waals surface area contributed by atoms with E-state index in [1.54, 1.807) is 0 Å². The molecule has 1 fully saturated rings. The van der Waals surface area contributed by atoms with Crippen LogP contribution >= 0.6 is 0 Å². The number of epoxide rings is 1. The molecular weight excluding hydrogens is 182 g/mol. The third-order valence-corrected chi connectivity index (χ3v) is 2.62. The van der Waals surface area contributed by atoms with E-state index in [1.165, 1.54) is 0 Å². The predicted octanol–water partition coefficient (Wildman–Crippen LogP) is 0.0303. The van der Waals surface area contributed by atoms with Crippen LogP contribution in [0.25, 0.3) is 0 Å². The fraction of sp³-hybridized carbons (Fsp3) is 1.00. The lowest BCUT2D eigenvalue weighted by Crippen LogP contribution is -2.27. The van der Waals surface area contributed by atoms with Gasteiger partial charge in [0, 0.05) is 13.2 Å². The van der Waals surface area contributed by atoms with Gasteiger partial charge < -0.3 is 14.1 Å². The van der Waals surface area contributed by atoms with Crippen molar-refractivity contribution in [2.24, 2.45) is 0 Å². The summed E-state index contributed by atoms with van der Waals surface area (Å²) < 4.78 is 9.78. The highest BCUT2D eigenvalue weighted by molar-refractivity contribution is 5.97. The van der Waals surface area contributed by atoms with Crippen LogP contribution < -0.4 is 0 Å². The minimum Gasteiger partial charge on any atom is -0.428 e. The quantitative estimate of drug-likeness (QED) is 0.468. The maximum atomic E-state index is 5.10.